The van der Waals surface area contributed by atoms with Gasteiger partial charge in [-0.1, -0.05) is 200 Å². The van der Waals surface area contributed by atoms with Crippen LogP contribution in [0.2, 0.25) is 0 Å². The van der Waals surface area contributed by atoms with Crippen molar-refractivity contribution in [3.63, 3.8) is 0 Å². The predicted octanol–water partition coefficient (Wildman–Crippen LogP) is 16.5. The zero-order valence-electron chi connectivity index (χ0n) is 36.8. The van der Waals surface area contributed by atoms with E-state index in [-0.39, 0.29) is 0 Å². The fourth-order valence-corrected chi connectivity index (χ4v) is 9.79. The summed E-state index contributed by atoms with van der Waals surface area (Å²) in [5.41, 5.74) is 17.0. The lowest BCUT2D eigenvalue weighted by molar-refractivity contribution is 0.636. The van der Waals surface area contributed by atoms with Crippen LogP contribution >= 0.6 is 0 Å². The van der Waals surface area contributed by atoms with Gasteiger partial charge in [0.05, 0.1) is 39.0 Å². The molecular formula is C63H40N4O. The monoisotopic (exact) mass is 868 g/mol. The molecule has 318 valence electrons. The normalized spacial score (nSPS) is 11.5. The Morgan fingerprint density at radius 3 is 1.53 bits per heavy atom. The summed E-state index contributed by atoms with van der Waals surface area (Å²) in [7, 11) is 0. The molecule has 0 amide bonds. The zero-order chi connectivity index (χ0) is 45.0. The molecule has 0 bridgehead atoms. The first kappa shape index (κ1) is 39.2. The van der Waals surface area contributed by atoms with Crippen molar-refractivity contribution in [3.8, 4) is 84.4 Å². The maximum atomic E-state index is 7.01. The molecular weight excluding hydrogens is 829 g/mol. The Morgan fingerprint density at radius 1 is 0.338 bits per heavy atom. The Hall–Kier alpha value is -9.19. The number of fused-ring (bicyclic) bond motifs is 6. The molecule has 0 radical (unpaired) electrons. The van der Waals surface area contributed by atoms with Crippen LogP contribution in [0.3, 0.4) is 0 Å². The number of rotatable bonds is 8. The van der Waals surface area contributed by atoms with Crippen LogP contribution in [-0.2, 0) is 0 Å². The van der Waals surface area contributed by atoms with E-state index in [0.717, 1.165) is 100 Å². The van der Waals surface area contributed by atoms with E-state index < -0.39 is 0 Å². The highest BCUT2D eigenvalue weighted by atomic mass is 16.3. The highest BCUT2D eigenvalue weighted by molar-refractivity contribution is 6.17. The number of para-hydroxylation sites is 2. The molecule has 5 heteroatoms. The van der Waals surface area contributed by atoms with Crippen molar-refractivity contribution >= 4 is 43.7 Å². The zero-order valence-corrected chi connectivity index (χ0v) is 36.8. The molecule has 0 spiro atoms. The molecule has 0 N–H and O–H groups in total. The van der Waals surface area contributed by atoms with Crippen molar-refractivity contribution in [1.29, 1.82) is 0 Å². The summed E-state index contributed by atoms with van der Waals surface area (Å²) in [6, 6.07) is 84.7. The Bertz CT molecular complexity index is 3940. The third-order valence-electron chi connectivity index (χ3n) is 13.0. The average molecular weight is 869 g/mol. The number of hydrogen-bond acceptors (Lipinski definition) is 4. The molecule has 0 saturated heterocycles. The minimum atomic E-state index is 0.675. The predicted molar refractivity (Wildman–Crippen MR) is 279 cm³/mol. The minimum absolute atomic E-state index is 0.675. The van der Waals surface area contributed by atoms with Crippen molar-refractivity contribution in [2.24, 2.45) is 0 Å². The maximum Gasteiger partial charge on any atom is 0.160 e. The molecule has 0 aliphatic heterocycles. The highest BCUT2D eigenvalue weighted by Crippen LogP contribution is 2.47. The molecule has 0 saturated carbocycles. The van der Waals surface area contributed by atoms with E-state index in [1.807, 2.05) is 30.3 Å². The van der Waals surface area contributed by atoms with E-state index in [2.05, 4.69) is 217 Å². The van der Waals surface area contributed by atoms with Crippen molar-refractivity contribution in [2.75, 3.05) is 0 Å². The quantitative estimate of drug-likeness (QED) is 0.153. The van der Waals surface area contributed by atoms with E-state index in [1.165, 1.54) is 21.8 Å². The molecule has 0 aliphatic carbocycles. The second-order valence-electron chi connectivity index (χ2n) is 17.1. The van der Waals surface area contributed by atoms with Crippen LogP contribution in [0, 0.1) is 0 Å². The number of nitrogens with zero attached hydrogens (tertiary/aromatic N) is 4. The summed E-state index contributed by atoms with van der Waals surface area (Å²) < 4.78 is 9.36. The number of benzene rings is 9. The number of pyridine rings is 1. The summed E-state index contributed by atoms with van der Waals surface area (Å²) in [6.45, 7) is 0. The van der Waals surface area contributed by atoms with Crippen LogP contribution in [0.1, 0.15) is 0 Å². The van der Waals surface area contributed by atoms with Gasteiger partial charge in [0.1, 0.15) is 11.3 Å². The lowest BCUT2D eigenvalue weighted by atomic mass is 9.94. The Balaban J connectivity index is 0.918. The first-order valence-electron chi connectivity index (χ1n) is 22.9. The van der Waals surface area contributed by atoms with Crippen LogP contribution in [0.5, 0.6) is 0 Å². The smallest absolute Gasteiger partial charge is 0.160 e. The lowest BCUT2D eigenvalue weighted by Crippen LogP contribution is -1.98. The fraction of sp³-hybridized carbons (Fsp3) is 0. The van der Waals surface area contributed by atoms with Gasteiger partial charge in [0.2, 0.25) is 0 Å². The van der Waals surface area contributed by atoms with Gasteiger partial charge >= 0.3 is 0 Å². The minimum Gasteiger partial charge on any atom is -0.455 e. The first-order chi connectivity index (χ1) is 33.7. The van der Waals surface area contributed by atoms with Gasteiger partial charge < -0.3 is 8.98 Å². The molecule has 5 nitrogen and oxygen atoms in total. The first-order valence-corrected chi connectivity index (χ1v) is 22.9. The van der Waals surface area contributed by atoms with Gasteiger partial charge in [0.25, 0.3) is 0 Å². The number of hydrogen-bond donors (Lipinski definition) is 0. The third kappa shape index (κ3) is 6.76. The molecule has 4 aromatic heterocycles. The molecule has 13 aromatic rings. The largest absolute Gasteiger partial charge is 0.455 e. The van der Waals surface area contributed by atoms with Crippen molar-refractivity contribution in [2.45, 2.75) is 0 Å². The SMILES string of the molecule is c1ccc(-c2nc(-c3ccc(-c4ccc5c(c4)nc(-c4ccccc4)c4c(-c6ccccc6)c(-c6ccccc6)oc45)cc3)cc(-c3cccc(-n4c5ccccc5c5ccccc54)c3)n2)cc1. The van der Waals surface area contributed by atoms with Gasteiger partial charge in [-0.2, -0.15) is 0 Å². The molecule has 0 atom stereocenters. The molecule has 13 rings (SSSR count). The second-order valence-corrected chi connectivity index (χ2v) is 17.1. The van der Waals surface area contributed by atoms with Crippen molar-refractivity contribution in [3.05, 3.63) is 243 Å². The summed E-state index contributed by atoms with van der Waals surface area (Å²) in [6.07, 6.45) is 0. The number of aromatic nitrogens is 4. The average Bonchev–Trinajstić information content (AvgIpc) is 3.99. The van der Waals surface area contributed by atoms with E-state index >= 15 is 0 Å². The van der Waals surface area contributed by atoms with Crippen LogP contribution < -0.4 is 0 Å². The summed E-state index contributed by atoms with van der Waals surface area (Å²) in [5.74, 6) is 1.51. The molecule has 0 unspecified atom stereocenters. The molecule has 68 heavy (non-hydrogen) atoms. The molecule has 0 fully saturated rings. The lowest BCUT2D eigenvalue weighted by Gasteiger charge is -2.13. The van der Waals surface area contributed by atoms with Gasteiger partial charge in [-0.15, -0.1) is 0 Å². The van der Waals surface area contributed by atoms with Gasteiger partial charge in [0.15, 0.2) is 5.82 Å². The number of furan rings is 1. The molecule has 4 heterocycles. The Kier molecular flexibility index (Phi) is 9.43. The maximum absolute atomic E-state index is 7.01. The van der Waals surface area contributed by atoms with E-state index in [4.69, 9.17) is 19.4 Å². The Labute approximate surface area is 392 Å². The highest BCUT2D eigenvalue weighted by Gasteiger charge is 2.25. The second kappa shape index (κ2) is 16.4. The van der Waals surface area contributed by atoms with E-state index in [9.17, 15) is 0 Å². The van der Waals surface area contributed by atoms with Gasteiger partial charge in [-0.05, 0) is 59.2 Å². The van der Waals surface area contributed by atoms with E-state index in [0.29, 0.717) is 5.82 Å². The fourth-order valence-electron chi connectivity index (χ4n) is 9.79. The third-order valence-corrected chi connectivity index (χ3v) is 13.0. The Morgan fingerprint density at radius 2 is 0.868 bits per heavy atom. The van der Waals surface area contributed by atoms with Crippen LogP contribution in [0.25, 0.3) is 128 Å². The van der Waals surface area contributed by atoms with Crippen LogP contribution in [-0.4, -0.2) is 19.5 Å². The topological polar surface area (TPSA) is 56.7 Å². The summed E-state index contributed by atoms with van der Waals surface area (Å²) in [4.78, 5) is 15.8. The van der Waals surface area contributed by atoms with Gasteiger partial charge in [-0.25, -0.2) is 15.0 Å². The van der Waals surface area contributed by atoms with Gasteiger partial charge in [0, 0.05) is 55.2 Å². The van der Waals surface area contributed by atoms with Crippen LogP contribution in [0.15, 0.2) is 247 Å². The molecule has 0 aliphatic rings. The molecule has 9 aromatic carbocycles. The van der Waals surface area contributed by atoms with Crippen molar-refractivity contribution < 1.29 is 4.42 Å². The van der Waals surface area contributed by atoms with Gasteiger partial charge in [-0.3, -0.25) is 0 Å². The standard InChI is InChI=1S/C63H40N4O/c1-5-18-43(19-6-1)58-59-60(44-20-7-2-8-21-44)64-55-39-47(36-37-52(55)62(59)68-61(58)45-22-9-3-10-23-45)41-32-34-42(35-33-41)53-40-54(66-63(65-53)46-24-11-4-12-25-46)48-26-17-27-49(38-48)67-56-30-15-13-28-50(56)51-29-14-16-31-57(51)67/h1-40H. The van der Waals surface area contributed by atoms with Crippen molar-refractivity contribution in [1.82, 2.24) is 19.5 Å². The van der Waals surface area contributed by atoms with E-state index in [1.54, 1.807) is 0 Å². The summed E-state index contributed by atoms with van der Waals surface area (Å²) >= 11 is 0. The van der Waals surface area contributed by atoms with Crippen LogP contribution in [0.4, 0.5) is 0 Å². The summed E-state index contributed by atoms with van der Waals surface area (Å²) in [5, 5.41) is 4.43.